The van der Waals surface area contributed by atoms with E-state index in [1.54, 1.807) is 7.11 Å². The summed E-state index contributed by atoms with van der Waals surface area (Å²) in [5, 5.41) is 3.36. The van der Waals surface area contributed by atoms with Gasteiger partial charge in [-0.15, -0.1) is 0 Å². The smallest absolute Gasteiger partial charge is 0.217 e. The van der Waals surface area contributed by atoms with E-state index in [0.29, 0.717) is 12.3 Å². The molecule has 17 heavy (non-hydrogen) atoms. The molecule has 4 nitrogen and oxygen atoms in total. The summed E-state index contributed by atoms with van der Waals surface area (Å²) >= 11 is 0. The summed E-state index contributed by atoms with van der Waals surface area (Å²) in [5.74, 6) is 0.982. The Morgan fingerprint density at radius 3 is 3.12 bits per heavy atom. The number of nitrogens with two attached hydrogens (primary N) is 1. The van der Waals surface area contributed by atoms with Crippen LogP contribution in [0.2, 0.25) is 0 Å². The first-order valence-corrected chi connectivity index (χ1v) is 5.86. The average Bonchev–Trinajstić information content (AvgIpc) is 2.35. The van der Waals surface area contributed by atoms with Crippen LogP contribution in [-0.2, 0) is 11.3 Å². The molecule has 0 bridgehead atoms. The minimum atomic E-state index is -0.236. The summed E-state index contributed by atoms with van der Waals surface area (Å²) in [6.45, 7) is 1.78. The molecule has 1 unspecified atom stereocenters. The van der Waals surface area contributed by atoms with Crippen LogP contribution in [0.25, 0.3) is 0 Å². The van der Waals surface area contributed by atoms with Crippen molar-refractivity contribution in [2.24, 2.45) is 5.73 Å². The number of nitrogens with one attached hydrogen (secondary N) is 1. The zero-order valence-corrected chi connectivity index (χ0v) is 10.0. The van der Waals surface area contributed by atoms with Crippen LogP contribution in [0.4, 0.5) is 0 Å². The largest absolute Gasteiger partial charge is 0.497 e. The maximum absolute atomic E-state index is 10.9. The lowest BCUT2D eigenvalue weighted by Crippen LogP contribution is -2.29. The van der Waals surface area contributed by atoms with Crippen molar-refractivity contribution >= 4 is 5.91 Å². The highest BCUT2D eigenvalue weighted by molar-refractivity contribution is 5.73. The van der Waals surface area contributed by atoms with Crippen LogP contribution in [0.15, 0.2) is 18.2 Å². The van der Waals surface area contributed by atoms with Crippen LogP contribution in [-0.4, -0.2) is 19.6 Å². The fourth-order valence-corrected chi connectivity index (χ4v) is 2.31. The maximum Gasteiger partial charge on any atom is 0.217 e. The van der Waals surface area contributed by atoms with E-state index >= 15 is 0 Å². The number of carbonyl (C=O) groups excluding carboxylic acids is 1. The molecule has 1 aromatic rings. The normalized spacial score (nSPS) is 18.5. The lowest BCUT2D eigenvalue weighted by atomic mass is 9.87. The van der Waals surface area contributed by atoms with E-state index in [4.69, 9.17) is 10.5 Å². The molecule has 0 aromatic heterocycles. The number of fused-ring (bicyclic) bond motifs is 1. The van der Waals surface area contributed by atoms with Crippen molar-refractivity contribution in [1.82, 2.24) is 5.32 Å². The van der Waals surface area contributed by atoms with Gasteiger partial charge in [-0.05, 0) is 35.6 Å². The second-order valence-electron chi connectivity index (χ2n) is 4.40. The predicted molar refractivity (Wildman–Crippen MR) is 65.9 cm³/mol. The van der Waals surface area contributed by atoms with E-state index in [0.717, 1.165) is 25.3 Å². The van der Waals surface area contributed by atoms with Gasteiger partial charge in [0.2, 0.25) is 5.91 Å². The summed E-state index contributed by atoms with van der Waals surface area (Å²) < 4.78 is 5.24. The first kappa shape index (κ1) is 11.9. The highest BCUT2D eigenvalue weighted by Crippen LogP contribution is 2.30. The van der Waals surface area contributed by atoms with Gasteiger partial charge in [0.05, 0.1) is 7.11 Å². The number of carbonyl (C=O) groups is 1. The van der Waals surface area contributed by atoms with Crippen molar-refractivity contribution in [3.05, 3.63) is 29.3 Å². The Morgan fingerprint density at radius 2 is 2.41 bits per heavy atom. The summed E-state index contributed by atoms with van der Waals surface area (Å²) in [6.07, 6.45) is 1.23. The Balaban J connectivity index is 2.19. The molecule has 0 saturated heterocycles. The van der Waals surface area contributed by atoms with Gasteiger partial charge in [-0.2, -0.15) is 0 Å². The minimum Gasteiger partial charge on any atom is -0.497 e. The monoisotopic (exact) mass is 234 g/mol. The molecular formula is C13H18N2O2. The Hall–Kier alpha value is -1.55. The molecular weight excluding hydrogens is 216 g/mol. The predicted octanol–water partition coefficient (Wildman–Crippen LogP) is 1.15. The number of benzene rings is 1. The zero-order chi connectivity index (χ0) is 12.3. The van der Waals surface area contributed by atoms with E-state index in [1.807, 2.05) is 6.07 Å². The average molecular weight is 234 g/mol. The molecule has 1 atom stereocenters. The third-order valence-corrected chi connectivity index (χ3v) is 3.24. The molecule has 1 amide bonds. The van der Waals surface area contributed by atoms with Crippen molar-refractivity contribution in [2.45, 2.75) is 25.3 Å². The van der Waals surface area contributed by atoms with Gasteiger partial charge in [-0.3, -0.25) is 4.79 Å². The van der Waals surface area contributed by atoms with Crippen molar-refractivity contribution in [1.29, 1.82) is 0 Å². The van der Waals surface area contributed by atoms with E-state index in [2.05, 4.69) is 17.4 Å². The topological polar surface area (TPSA) is 64.3 Å². The van der Waals surface area contributed by atoms with E-state index < -0.39 is 0 Å². The van der Waals surface area contributed by atoms with Crippen LogP contribution in [0.1, 0.15) is 29.9 Å². The third kappa shape index (κ3) is 2.77. The summed E-state index contributed by atoms with van der Waals surface area (Å²) in [6, 6.07) is 6.12. The number of methoxy groups -OCH3 is 1. The van der Waals surface area contributed by atoms with Crippen molar-refractivity contribution in [3.8, 4) is 5.75 Å². The van der Waals surface area contributed by atoms with Gasteiger partial charge < -0.3 is 15.8 Å². The molecule has 0 radical (unpaired) electrons. The molecule has 1 aromatic carbocycles. The SMILES string of the molecule is COc1ccc2c(c1)C(CCC(N)=O)CNC2. The van der Waals surface area contributed by atoms with Crippen molar-refractivity contribution in [3.63, 3.8) is 0 Å². The molecule has 1 aliphatic heterocycles. The van der Waals surface area contributed by atoms with Gasteiger partial charge in [-0.25, -0.2) is 0 Å². The molecule has 1 aliphatic rings. The van der Waals surface area contributed by atoms with Gasteiger partial charge in [0.1, 0.15) is 5.75 Å². The van der Waals surface area contributed by atoms with Crippen LogP contribution in [0.3, 0.4) is 0 Å². The van der Waals surface area contributed by atoms with Crippen LogP contribution < -0.4 is 15.8 Å². The molecule has 0 aliphatic carbocycles. The lowest BCUT2D eigenvalue weighted by molar-refractivity contribution is -0.118. The molecule has 4 heteroatoms. The van der Waals surface area contributed by atoms with Crippen LogP contribution >= 0.6 is 0 Å². The number of hydrogen-bond donors (Lipinski definition) is 2. The number of amides is 1. The van der Waals surface area contributed by atoms with Crippen molar-refractivity contribution in [2.75, 3.05) is 13.7 Å². The molecule has 0 fully saturated rings. The van der Waals surface area contributed by atoms with Gasteiger partial charge >= 0.3 is 0 Å². The number of primary amides is 1. The quantitative estimate of drug-likeness (QED) is 0.821. The molecule has 0 saturated carbocycles. The van der Waals surface area contributed by atoms with E-state index in [9.17, 15) is 4.79 Å². The van der Waals surface area contributed by atoms with E-state index in [1.165, 1.54) is 11.1 Å². The summed E-state index contributed by atoms with van der Waals surface area (Å²) in [5.41, 5.74) is 7.77. The Morgan fingerprint density at radius 1 is 1.59 bits per heavy atom. The standard InChI is InChI=1S/C13H18N2O2/c1-17-11-4-2-9-7-15-8-10(12(9)6-11)3-5-13(14)16/h2,4,6,10,15H,3,5,7-8H2,1H3,(H2,14,16). The molecule has 3 N–H and O–H groups in total. The first-order valence-electron chi connectivity index (χ1n) is 5.86. The number of ether oxygens (including phenoxy) is 1. The van der Waals surface area contributed by atoms with Crippen LogP contribution in [0.5, 0.6) is 5.75 Å². The summed E-state index contributed by atoms with van der Waals surface area (Å²) in [7, 11) is 1.67. The van der Waals surface area contributed by atoms with Gasteiger partial charge in [0, 0.05) is 19.5 Å². The Kier molecular flexibility index (Phi) is 3.64. The fourth-order valence-electron chi connectivity index (χ4n) is 2.31. The highest BCUT2D eigenvalue weighted by Gasteiger charge is 2.20. The first-order chi connectivity index (χ1) is 8.20. The van der Waals surface area contributed by atoms with Crippen LogP contribution in [0, 0.1) is 0 Å². The van der Waals surface area contributed by atoms with E-state index in [-0.39, 0.29) is 5.91 Å². The fraction of sp³-hybridized carbons (Fsp3) is 0.462. The zero-order valence-electron chi connectivity index (χ0n) is 10.0. The molecule has 1 heterocycles. The number of rotatable bonds is 4. The Bertz CT molecular complexity index is 418. The molecule has 92 valence electrons. The van der Waals surface area contributed by atoms with Gasteiger partial charge in [-0.1, -0.05) is 6.07 Å². The van der Waals surface area contributed by atoms with Gasteiger partial charge in [0.15, 0.2) is 0 Å². The Labute approximate surface area is 101 Å². The lowest BCUT2D eigenvalue weighted by Gasteiger charge is -2.26. The molecule has 2 rings (SSSR count). The number of hydrogen-bond acceptors (Lipinski definition) is 3. The minimum absolute atomic E-state index is 0.236. The van der Waals surface area contributed by atoms with Crippen molar-refractivity contribution < 1.29 is 9.53 Å². The summed E-state index contributed by atoms with van der Waals surface area (Å²) in [4.78, 5) is 10.9. The highest BCUT2D eigenvalue weighted by atomic mass is 16.5. The second kappa shape index (κ2) is 5.19. The maximum atomic E-state index is 10.9. The third-order valence-electron chi connectivity index (χ3n) is 3.24. The van der Waals surface area contributed by atoms with Gasteiger partial charge in [0.25, 0.3) is 0 Å². The second-order valence-corrected chi connectivity index (χ2v) is 4.40. The molecule has 0 spiro atoms.